The van der Waals surface area contributed by atoms with E-state index in [0.717, 1.165) is 30.2 Å². The first kappa shape index (κ1) is 17.3. The summed E-state index contributed by atoms with van der Waals surface area (Å²) >= 11 is 0. The van der Waals surface area contributed by atoms with Crippen molar-refractivity contribution in [3.63, 3.8) is 0 Å². The summed E-state index contributed by atoms with van der Waals surface area (Å²) in [5, 5.41) is 8.22. The lowest BCUT2D eigenvalue weighted by atomic mass is 10.0. The molecule has 1 aromatic heterocycles. The number of ether oxygens (including phenoxy) is 1. The zero-order chi connectivity index (χ0) is 17.0. The maximum Gasteiger partial charge on any atom is 0.130 e. The molecule has 5 nitrogen and oxygen atoms in total. The minimum absolute atomic E-state index is 0.251. The van der Waals surface area contributed by atoms with Gasteiger partial charge in [0.05, 0.1) is 12.8 Å². The summed E-state index contributed by atoms with van der Waals surface area (Å²) in [6.45, 7) is 5.03. The zero-order valence-corrected chi connectivity index (χ0v) is 15.1. The molecule has 1 N–H and O–H groups in total. The van der Waals surface area contributed by atoms with Crippen LogP contribution in [-0.4, -0.2) is 31.0 Å². The monoisotopic (exact) mass is 316 g/mol. The van der Waals surface area contributed by atoms with E-state index < -0.39 is 0 Å². The van der Waals surface area contributed by atoms with Gasteiger partial charge in [0, 0.05) is 44.9 Å². The Morgan fingerprint density at radius 1 is 1.30 bits per heavy atom. The van der Waals surface area contributed by atoms with Crippen LogP contribution in [-0.2, 0) is 13.6 Å². The van der Waals surface area contributed by atoms with E-state index in [1.165, 1.54) is 11.1 Å². The number of hydrogen-bond donors (Lipinski definition) is 1. The normalized spacial score (nSPS) is 12.3. The second-order valence-corrected chi connectivity index (χ2v) is 5.99. The van der Waals surface area contributed by atoms with Crippen LogP contribution in [0.1, 0.15) is 36.2 Å². The fourth-order valence-corrected chi connectivity index (χ4v) is 3.11. The van der Waals surface area contributed by atoms with Crippen LogP contribution in [0, 0.1) is 6.92 Å². The number of nitrogens with one attached hydrogen (secondary N) is 1. The lowest BCUT2D eigenvalue weighted by molar-refractivity contribution is 0.396. The Labute approximate surface area is 139 Å². The second-order valence-electron chi connectivity index (χ2n) is 5.99. The molecule has 1 heterocycles. The van der Waals surface area contributed by atoms with Crippen molar-refractivity contribution in [2.24, 2.45) is 7.05 Å². The number of rotatable bonds is 7. The van der Waals surface area contributed by atoms with Gasteiger partial charge in [0.25, 0.3) is 0 Å². The predicted octanol–water partition coefficient (Wildman–Crippen LogP) is 3.04. The number of benzene rings is 1. The van der Waals surface area contributed by atoms with Crippen molar-refractivity contribution in [2.75, 3.05) is 26.1 Å². The maximum absolute atomic E-state index is 5.51. The molecule has 0 amide bonds. The van der Waals surface area contributed by atoms with E-state index in [-0.39, 0.29) is 6.04 Å². The summed E-state index contributed by atoms with van der Waals surface area (Å²) in [5.74, 6) is 2.08. The molecule has 0 radical (unpaired) electrons. The van der Waals surface area contributed by atoms with Crippen molar-refractivity contribution >= 4 is 5.82 Å². The molecule has 0 saturated carbocycles. The molecule has 0 fully saturated rings. The third-order valence-corrected chi connectivity index (χ3v) is 4.18. The Hall–Kier alpha value is -2.01. The van der Waals surface area contributed by atoms with Gasteiger partial charge in [-0.3, -0.25) is 4.68 Å². The number of hydrogen-bond acceptors (Lipinski definition) is 4. The summed E-state index contributed by atoms with van der Waals surface area (Å²) < 4.78 is 7.45. The smallest absolute Gasteiger partial charge is 0.130 e. The van der Waals surface area contributed by atoms with Crippen molar-refractivity contribution in [3.8, 4) is 5.75 Å². The van der Waals surface area contributed by atoms with Crippen molar-refractivity contribution in [3.05, 3.63) is 41.1 Å². The molecule has 23 heavy (non-hydrogen) atoms. The van der Waals surface area contributed by atoms with Crippen LogP contribution in [0.25, 0.3) is 0 Å². The largest absolute Gasteiger partial charge is 0.496 e. The van der Waals surface area contributed by atoms with Gasteiger partial charge < -0.3 is 15.0 Å². The quantitative estimate of drug-likeness (QED) is 0.852. The minimum atomic E-state index is 0.251. The number of para-hydroxylation sites is 1. The van der Waals surface area contributed by atoms with E-state index in [1.54, 1.807) is 7.11 Å². The third kappa shape index (κ3) is 3.67. The molecule has 0 aliphatic carbocycles. The minimum Gasteiger partial charge on any atom is -0.496 e. The van der Waals surface area contributed by atoms with Gasteiger partial charge in [-0.25, -0.2) is 0 Å². The fourth-order valence-electron chi connectivity index (χ4n) is 3.11. The SMILES string of the molecule is CCC(NCc1c(C)nn(C)c1N(C)C)c1ccccc1OC. The first-order chi connectivity index (χ1) is 11.0. The van der Waals surface area contributed by atoms with Gasteiger partial charge in [0.1, 0.15) is 11.6 Å². The molecule has 0 saturated heterocycles. The maximum atomic E-state index is 5.51. The van der Waals surface area contributed by atoms with Crippen molar-refractivity contribution < 1.29 is 4.74 Å². The number of aromatic nitrogens is 2. The van der Waals surface area contributed by atoms with Crippen molar-refractivity contribution in [2.45, 2.75) is 32.9 Å². The Balaban J connectivity index is 2.22. The Morgan fingerprint density at radius 2 is 2.00 bits per heavy atom. The van der Waals surface area contributed by atoms with Crippen molar-refractivity contribution in [1.82, 2.24) is 15.1 Å². The summed E-state index contributed by atoms with van der Waals surface area (Å²) in [4.78, 5) is 2.11. The number of nitrogens with zero attached hydrogens (tertiary/aromatic N) is 3. The molecular weight excluding hydrogens is 288 g/mol. The van der Waals surface area contributed by atoms with Crippen LogP contribution in [0.5, 0.6) is 5.75 Å². The fraction of sp³-hybridized carbons (Fsp3) is 0.500. The molecule has 1 aromatic carbocycles. The lowest BCUT2D eigenvalue weighted by Gasteiger charge is -2.21. The topological polar surface area (TPSA) is 42.3 Å². The molecule has 0 aliphatic rings. The van der Waals surface area contributed by atoms with Crippen LogP contribution in [0.4, 0.5) is 5.82 Å². The van der Waals surface area contributed by atoms with Gasteiger partial charge in [-0.2, -0.15) is 5.10 Å². The predicted molar refractivity (Wildman–Crippen MR) is 95.1 cm³/mol. The molecule has 5 heteroatoms. The second kappa shape index (κ2) is 7.51. The molecule has 0 bridgehead atoms. The van der Waals surface area contributed by atoms with Crippen LogP contribution < -0.4 is 15.0 Å². The number of anilines is 1. The zero-order valence-electron chi connectivity index (χ0n) is 15.1. The van der Waals surface area contributed by atoms with Gasteiger partial charge in [-0.15, -0.1) is 0 Å². The van der Waals surface area contributed by atoms with E-state index in [2.05, 4.69) is 55.4 Å². The molecule has 0 aliphatic heterocycles. The Bertz CT molecular complexity index is 648. The van der Waals surface area contributed by atoms with Crippen LogP contribution >= 0.6 is 0 Å². The van der Waals surface area contributed by atoms with Gasteiger partial charge in [-0.05, 0) is 19.4 Å². The molecule has 2 aromatic rings. The van der Waals surface area contributed by atoms with E-state index in [0.29, 0.717) is 0 Å². The standard InChI is InChI=1S/C18H28N4O/c1-7-16(14-10-8-9-11-17(14)23-6)19-12-15-13(2)20-22(5)18(15)21(3)4/h8-11,16,19H,7,12H2,1-6H3. The molecular formula is C18H28N4O. The van der Waals surface area contributed by atoms with E-state index in [1.807, 2.05) is 23.9 Å². The van der Waals surface area contributed by atoms with Gasteiger partial charge in [-0.1, -0.05) is 25.1 Å². The number of aryl methyl sites for hydroxylation is 2. The summed E-state index contributed by atoms with van der Waals surface area (Å²) in [6.07, 6.45) is 0.997. The third-order valence-electron chi connectivity index (χ3n) is 4.18. The Morgan fingerprint density at radius 3 is 2.61 bits per heavy atom. The molecule has 0 spiro atoms. The highest BCUT2D eigenvalue weighted by molar-refractivity contribution is 5.49. The first-order valence-corrected chi connectivity index (χ1v) is 8.05. The summed E-state index contributed by atoms with van der Waals surface area (Å²) in [5.41, 5.74) is 3.51. The first-order valence-electron chi connectivity index (χ1n) is 8.05. The van der Waals surface area contributed by atoms with Crippen LogP contribution in [0.3, 0.4) is 0 Å². The van der Waals surface area contributed by atoms with Gasteiger partial charge in [0.15, 0.2) is 0 Å². The van der Waals surface area contributed by atoms with Crippen LogP contribution in [0.15, 0.2) is 24.3 Å². The highest BCUT2D eigenvalue weighted by Crippen LogP contribution is 2.28. The van der Waals surface area contributed by atoms with E-state index in [4.69, 9.17) is 4.74 Å². The van der Waals surface area contributed by atoms with Crippen LogP contribution in [0.2, 0.25) is 0 Å². The molecule has 1 unspecified atom stereocenters. The lowest BCUT2D eigenvalue weighted by Crippen LogP contribution is -2.23. The average Bonchev–Trinajstić information content (AvgIpc) is 2.82. The average molecular weight is 316 g/mol. The molecule has 2 rings (SSSR count). The Kier molecular flexibility index (Phi) is 5.66. The van der Waals surface area contributed by atoms with Gasteiger partial charge >= 0.3 is 0 Å². The molecule has 1 atom stereocenters. The summed E-state index contributed by atoms with van der Waals surface area (Å²) in [6, 6.07) is 8.46. The van der Waals surface area contributed by atoms with E-state index in [9.17, 15) is 0 Å². The highest BCUT2D eigenvalue weighted by atomic mass is 16.5. The van der Waals surface area contributed by atoms with Gasteiger partial charge in [0.2, 0.25) is 0 Å². The van der Waals surface area contributed by atoms with E-state index >= 15 is 0 Å². The summed E-state index contributed by atoms with van der Waals surface area (Å²) in [7, 11) is 7.82. The van der Waals surface area contributed by atoms with Crippen molar-refractivity contribution in [1.29, 1.82) is 0 Å². The highest BCUT2D eigenvalue weighted by Gasteiger charge is 2.18. The molecule has 126 valence electrons. The number of methoxy groups -OCH3 is 1.